The number of aromatic amines is 1. The van der Waals surface area contributed by atoms with Crippen LogP contribution in [0.1, 0.15) is 18.2 Å². The third-order valence-electron chi connectivity index (χ3n) is 4.25. The molecule has 0 radical (unpaired) electrons. The predicted molar refractivity (Wildman–Crippen MR) is 85.6 cm³/mol. The molecule has 1 fully saturated rings. The van der Waals surface area contributed by atoms with Gasteiger partial charge in [0.2, 0.25) is 11.8 Å². The fourth-order valence-electron chi connectivity index (χ4n) is 2.99. The lowest BCUT2D eigenvalue weighted by atomic mass is 10.1. The van der Waals surface area contributed by atoms with Crippen LogP contribution in [0.25, 0.3) is 10.9 Å². The van der Waals surface area contributed by atoms with E-state index in [9.17, 15) is 9.59 Å². The summed E-state index contributed by atoms with van der Waals surface area (Å²) >= 11 is 0. The molecule has 116 valence electrons. The second-order valence-corrected chi connectivity index (χ2v) is 5.94. The smallest absolute Gasteiger partial charge is 0.227 e. The molecule has 0 unspecified atom stereocenters. The highest BCUT2D eigenvalue weighted by Crippen LogP contribution is 2.18. The summed E-state index contributed by atoms with van der Waals surface area (Å²) in [5, 5.41) is 1.14. The Morgan fingerprint density at radius 2 is 1.77 bits per heavy atom. The summed E-state index contributed by atoms with van der Waals surface area (Å²) in [6, 6.07) is 8.19. The van der Waals surface area contributed by atoms with Crippen LogP contribution in [0, 0.1) is 6.92 Å². The highest BCUT2D eigenvalue weighted by atomic mass is 16.2. The van der Waals surface area contributed by atoms with Crippen molar-refractivity contribution in [2.75, 3.05) is 26.2 Å². The normalized spacial score (nSPS) is 15.4. The molecule has 1 aromatic carbocycles. The number of piperazine rings is 1. The number of carbonyl (C=O) groups is 2. The number of hydrogen-bond acceptors (Lipinski definition) is 2. The van der Waals surface area contributed by atoms with E-state index in [1.807, 2.05) is 24.0 Å². The minimum atomic E-state index is 0.0837. The average molecular weight is 299 g/mol. The minimum absolute atomic E-state index is 0.0837. The molecular formula is C17H21N3O2. The Balaban J connectivity index is 1.64. The van der Waals surface area contributed by atoms with Crippen molar-refractivity contribution >= 4 is 22.7 Å². The predicted octanol–water partition coefficient (Wildman–Crippen LogP) is 1.71. The van der Waals surface area contributed by atoms with Crippen molar-refractivity contribution in [3.63, 3.8) is 0 Å². The quantitative estimate of drug-likeness (QED) is 0.918. The number of fused-ring (bicyclic) bond motifs is 1. The summed E-state index contributed by atoms with van der Waals surface area (Å²) in [4.78, 5) is 30.6. The van der Waals surface area contributed by atoms with Crippen LogP contribution in [0.2, 0.25) is 0 Å². The summed E-state index contributed by atoms with van der Waals surface area (Å²) in [7, 11) is 0. The molecule has 1 saturated heterocycles. The molecule has 2 amide bonds. The highest BCUT2D eigenvalue weighted by molar-refractivity contribution is 5.84. The Hall–Kier alpha value is -2.30. The van der Waals surface area contributed by atoms with Gasteiger partial charge >= 0.3 is 0 Å². The van der Waals surface area contributed by atoms with E-state index in [0.717, 1.165) is 22.2 Å². The van der Waals surface area contributed by atoms with Crippen LogP contribution in [0.5, 0.6) is 0 Å². The molecule has 1 N–H and O–H groups in total. The Morgan fingerprint density at radius 1 is 1.09 bits per heavy atom. The summed E-state index contributed by atoms with van der Waals surface area (Å²) < 4.78 is 0. The minimum Gasteiger partial charge on any atom is -0.359 e. The fraction of sp³-hybridized carbons (Fsp3) is 0.412. The number of nitrogens with zero attached hydrogens (tertiary/aromatic N) is 2. The largest absolute Gasteiger partial charge is 0.359 e. The number of aryl methyl sites for hydroxylation is 1. The number of hydrogen-bond donors (Lipinski definition) is 1. The third-order valence-corrected chi connectivity index (χ3v) is 4.25. The Kier molecular flexibility index (Phi) is 3.88. The van der Waals surface area contributed by atoms with Gasteiger partial charge in [0.15, 0.2) is 0 Å². The van der Waals surface area contributed by atoms with Crippen molar-refractivity contribution in [1.29, 1.82) is 0 Å². The zero-order chi connectivity index (χ0) is 15.7. The van der Waals surface area contributed by atoms with Gasteiger partial charge in [-0.1, -0.05) is 6.07 Å². The van der Waals surface area contributed by atoms with E-state index < -0.39 is 0 Å². The summed E-state index contributed by atoms with van der Waals surface area (Å²) in [6.45, 7) is 6.13. The van der Waals surface area contributed by atoms with Crippen molar-refractivity contribution in [1.82, 2.24) is 14.8 Å². The monoisotopic (exact) mass is 299 g/mol. The van der Waals surface area contributed by atoms with Crippen LogP contribution in [-0.4, -0.2) is 52.8 Å². The lowest BCUT2D eigenvalue weighted by Crippen LogP contribution is -2.50. The maximum Gasteiger partial charge on any atom is 0.227 e. The number of H-pyrrole nitrogens is 1. The molecule has 0 bridgehead atoms. The van der Waals surface area contributed by atoms with Crippen LogP contribution in [-0.2, 0) is 16.0 Å². The molecule has 1 aromatic heterocycles. The second kappa shape index (κ2) is 5.83. The van der Waals surface area contributed by atoms with Crippen molar-refractivity contribution in [2.45, 2.75) is 20.3 Å². The first kappa shape index (κ1) is 14.6. The van der Waals surface area contributed by atoms with Gasteiger partial charge in [0.05, 0.1) is 6.42 Å². The van der Waals surface area contributed by atoms with Crippen LogP contribution in [0.4, 0.5) is 0 Å². The van der Waals surface area contributed by atoms with E-state index in [0.29, 0.717) is 32.6 Å². The second-order valence-electron chi connectivity index (χ2n) is 5.94. The van der Waals surface area contributed by atoms with Crippen molar-refractivity contribution in [2.24, 2.45) is 0 Å². The molecule has 5 heteroatoms. The van der Waals surface area contributed by atoms with E-state index in [1.54, 1.807) is 11.8 Å². The van der Waals surface area contributed by atoms with Gasteiger partial charge in [-0.05, 0) is 36.1 Å². The van der Waals surface area contributed by atoms with Gasteiger partial charge in [0.1, 0.15) is 0 Å². The van der Waals surface area contributed by atoms with E-state index in [2.05, 4.69) is 17.1 Å². The maximum absolute atomic E-state index is 12.4. The molecule has 2 aromatic rings. The van der Waals surface area contributed by atoms with Gasteiger partial charge in [-0.15, -0.1) is 0 Å². The van der Waals surface area contributed by atoms with Gasteiger partial charge in [-0.25, -0.2) is 0 Å². The highest BCUT2D eigenvalue weighted by Gasteiger charge is 2.22. The zero-order valence-corrected chi connectivity index (χ0v) is 13.1. The van der Waals surface area contributed by atoms with Gasteiger partial charge in [0, 0.05) is 44.3 Å². The summed E-state index contributed by atoms with van der Waals surface area (Å²) in [5.74, 6) is 0.218. The Bertz CT molecular complexity index is 712. The van der Waals surface area contributed by atoms with E-state index in [4.69, 9.17) is 0 Å². The first-order chi connectivity index (χ1) is 10.5. The molecule has 1 aliphatic rings. The molecule has 0 aliphatic carbocycles. The molecule has 2 heterocycles. The molecule has 22 heavy (non-hydrogen) atoms. The van der Waals surface area contributed by atoms with Crippen molar-refractivity contribution < 1.29 is 9.59 Å². The number of benzene rings is 1. The number of nitrogens with one attached hydrogen (secondary N) is 1. The van der Waals surface area contributed by atoms with Gasteiger partial charge in [-0.2, -0.15) is 0 Å². The van der Waals surface area contributed by atoms with Gasteiger partial charge in [0.25, 0.3) is 0 Å². The third kappa shape index (κ3) is 2.98. The SMILES string of the molecule is CC(=O)N1CCN(C(=O)Cc2ccc3[nH]c(C)cc3c2)CC1. The zero-order valence-electron chi connectivity index (χ0n) is 13.1. The van der Waals surface area contributed by atoms with Crippen molar-refractivity contribution in [3.05, 3.63) is 35.5 Å². The van der Waals surface area contributed by atoms with Gasteiger partial charge in [-0.3, -0.25) is 9.59 Å². The molecule has 5 nitrogen and oxygen atoms in total. The molecule has 1 aliphatic heterocycles. The number of rotatable bonds is 2. The van der Waals surface area contributed by atoms with Crippen LogP contribution < -0.4 is 0 Å². The Labute approximate surface area is 129 Å². The number of aromatic nitrogens is 1. The molecular weight excluding hydrogens is 278 g/mol. The maximum atomic E-state index is 12.4. The molecule has 3 rings (SSSR count). The van der Waals surface area contributed by atoms with Crippen LogP contribution in [0.15, 0.2) is 24.3 Å². The van der Waals surface area contributed by atoms with Crippen LogP contribution >= 0.6 is 0 Å². The summed E-state index contributed by atoms with van der Waals surface area (Å²) in [6.07, 6.45) is 0.417. The molecule has 0 atom stereocenters. The number of amides is 2. The first-order valence-corrected chi connectivity index (χ1v) is 7.64. The van der Waals surface area contributed by atoms with Crippen molar-refractivity contribution in [3.8, 4) is 0 Å². The van der Waals surface area contributed by atoms with E-state index in [1.165, 1.54) is 0 Å². The standard InChI is InChI=1S/C17H21N3O2/c1-12-9-15-10-14(3-4-16(15)18-12)11-17(22)20-7-5-19(6-8-20)13(2)21/h3-4,9-10,18H,5-8,11H2,1-2H3. The number of carbonyl (C=O) groups excluding carboxylic acids is 2. The Morgan fingerprint density at radius 3 is 2.45 bits per heavy atom. The van der Waals surface area contributed by atoms with Crippen LogP contribution in [0.3, 0.4) is 0 Å². The fourth-order valence-corrected chi connectivity index (χ4v) is 2.99. The lowest BCUT2D eigenvalue weighted by molar-refractivity contribution is -0.138. The molecule has 0 spiro atoms. The first-order valence-electron chi connectivity index (χ1n) is 7.64. The average Bonchev–Trinajstić information content (AvgIpc) is 2.86. The lowest BCUT2D eigenvalue weighted by Gasteiger charge is -2.34. The van der Waals surface area contributed by atoms with E-state index in [-0.39, 0.29) is 11.8 Å². The molecule has 0 saturated carbocycles. The van der Waals surface area contributed by atoms with E-state index >= 15 is 0 Å². The topological polar surface area (TPSA) is 56.4 Å². The van der Waals surface area contributed by atoms with Gasteiger partial charge < -0.3 is 14.8 Å². The summed E-state index contributed by atoms with van der Waals surface area (Å²) in [5.41, 5.74) is 3.26.